The Kier molecular flexibility index (Phi) is 5.76. The summed E-state index contributed by atoms with van der Waals surface area (Å²) in [6.07, 6.45) is 3.47. The molecule has 2 amide bonds. The summed E-state index contributed by atoms with van der Waals surface area (Å²) in [5.74, 6) is 0.535. The van der Waals surface area contributed by atoms with E-state index in [9.17, 15) is 9.59 Å². The maximum atomic E-state index is 13.4. The predicted octanol–water partition coefficient (Wildman–Crippen LogP) is 2.65. The van der Waals surface area contributed by atoms with Gasteiger partial charge in [-0.2, -0.15) is 0 Å². The van der Waals surface area contributed by atoms with Gasteiger partial charge in [0.25, 0.3) is 11.8 Å². The number of nitrogens with zero attached hydrogens (tertiary/aromatic N) is 5. The van der Waals surface area contributed by atoms with Crippen molar-refractivity contribution in [3.8, 4) is 0 Å². The number of aryl methyl sites for hydroxylation is 2. The van der Waals surface area contributed by atoms with Crippen molar-refractivity contribution in [3.63, 3.8) is 0 Å². The fourth-order valence-electron chi connectivity index (χ4n) is 4.31. The van der Waals surface area contributed by atoms with Crippen LogP contribution in [0.5, 0.6) is 0 Å². The molecule has 0 radical (unpaired) electrons. The van der Waals surface area contributed by atoms with E-state index >= 15 is 0 Å². The van der Waals surface area contributed by atoms with E-state index in [2.05, 4.69) is 25.8 Å². The normalized spacial score (nSPS) is 17.4. The van der Waals surface area contributed by atoms with Crippen LogP contribution in [0.4, 0.5) is 5.95 Å². The summed E-state index contributed by atoms with van der Waals surface area (Å²) in [5.41, 5.74) is 4.06. The molecule has 0 spiro atoms. The topological polar surface area (TPSA) is 69.6 Å². The molecule has 0 bridgehead atoms. The van der Waals surface area contributed by atoms with Gasteiger partial charge in [-0.25, -0.2) is 9.97 Å². The lowest BCUT2D eigenvalue weighted by atomic mass is 9.97. The van der Waals surface area contributed by atoms with Gasteiger partial charge < -0.3 is 9.80 Å². The third-order valence-electron chi connectivity index (χ3n) is 5.77. The molecule has 1 saturated heterocycles. The molecule has 31 heavy (non-hydrogen) atoms. The summed E-state index contributed by atoms with van der Waals surface area (Å²) in [6.45, 7) is 11.2. The number of benzene rings is 1. The van der Waals surface area contributed by atoms with Gasteiger partial charge in [0.1, 0.15) is 5.70 Å². The van der Waals surface area contributed by atoms with Gasteiger partial charge in [-0.1, -0.05) is 37.6 Å². The zero-order valence-electron chi connectivity index (χ0n) is 18.6. The molecule has 1 fully saturated rings. The van der Waals surface area contributed by atoms with E-state index < -0.39 is 0 Å². The number of piperazine rings is 1. The zero-order chi connectivity index (χ0) is 22.1. The van der Waals surface area contributed by atoms with Crippen LogP contribution in [0.3, 0.4) is 0 Å². The first-order valence-corrected chi connectivity index (χ1v) is 10.8. The number of aromatic nitrogens is 2. The maximum absolute atomic E-state index is 13.4. The lowest BCUT2D eigenvalue weighted by Gasteiger charge is -2.36. The molecule has 0 saturated carbocycles. The van der Waals surface area contributed by atoms with Crippen LogP contribution in [0.2, 0.25) is 0 Å². The highest BCUT2D eigenvalue weighted by Gasteiger charge is 2.42. The molecule has 0 atom stereocenters. The van der Waals surface area contributed by atoms with Crippen molar-refractivity contribution in [1.29, 1.82) is 0 Å². The number of carbonyl (C=O) groups excluding carboxylic acids is 2. The van der Waals surface area contributed by atoms with Crippen LogP contribution in [0.1, 0.15) is 30.5 Å². The highest BCUT2D eigenvalue weighted by atomic mass is 16.2. The van der Waals surface area contributed by atoms with Crippen LogP contribution in [-0.2, 0) is 9.59 Å². The Morgan fingerprint density at radius 3 is 2.19 bits per heavy atom. The van der Waals surface area contributed by atoms with Gasteiger partial charge in [-0.05, 0) is 37.0 Å². The van der Waals surface area contributed by atoms with Gasteiger partial charge in [-0.3, -0.25) is 14.5 Å². The number of carbonyl (C=O) groups is 2. The number of imide groups is 1. The fraction of sp³-hybridized carbons (Fsp3) is 0.417. The average Bonchev–Trinajstić information content (AvgIpc) is 2.99. The van der Waals surface area contributed by atoms with Gasteiger partial charge in [0.05, 0.1) is 5.57 Å². The lowest BCUT2D eigenvalue weighted by Crippen LogP contribution is -2.48. The van der Waals surface area contributed by atoms with Crippen molar-refractivity contribution in [1.82, 2.24) is 19.8 Å². The van der Waals surface area contributed by atoms with Crippen LogP contribution in [0.25, 0.3) is 5.57 Å². The number of amides is 2. The molecule has 1 aromatic heterocycles. The van der Waals surface area contributed by atoms with Gasteiger partial charge in [-0.15, -0.1) is 0 Å². The number of anilines is 1. The van der Waals surface area contributed by atoms with Crippen molar-refractivity contribution < 1.29 is 9.59 Å². The maximum Gasteiger partial charge on any atom is 0.277 e. The monoisotopic (exact) mass is 419 g/mol. The summed E-state index contributed by atoms with van der Waals surface area (Å²) >= 11 is 0. The van der Waals surface area contributed by atoms with Crippen molar-refractivity contribution >= 4 is 23.3 Å². The second-order valence-electron chi connectivity index (χ2n) is 8.68. The SMILES string of the molecule is Cc1ccc(C2=C(N3CCN(c4ncccn4)CC3)C(=O)N(CC(C)C)C2=O)c(C)c1. The second-order valence-corrected chi connectivity index (χ2v) is 8.68. The Morgan fingerprint density at radius 2 is 1.58 bits per heavy atom. The van der Waals surface area contributed by atoms with Gasteiger partial charge in [0.15, 0.2) is 0 Å². The first kappa shape index (κ1) is 21.0. The van der Waals surface area contributed by atoms with E-state index in [4.69, 9.17) is 0 Å². The Labute approximate surface area is 183 Å². The van der Waals surface area contributed by atoms with Crippen molar-refractivity contribution in [3.05, 3.63) is 59.0 Å². The Hall–Kier alpha value is -3.22. The van der Waals surface area contributed by atoms with E-state index in [0.717, 1.165) is 16.7 Å². The van der Waals surface area contributed by atoms with E-state index in [-0.39, 0.29) is 17.7 Å². The predicted molar refractivity (Wildman–Crippen MR) is 120 cm³/mol. The van der Waals surface area contributed by atoms with Crippen LogP contribution in [0, 0.1) is 19.8 Å². The minimum absolute atomic E-state index is 0.182. The standard InChI is InChI=1S/C24H29N5O2/c1-16(2)15-29-22(30)20(19-7-6-17(3)14-18(19)4)21(23(29)31)27-10-12-28(13-11-27)24-25-8-5-9-26-24/h5-9,14,16H,10-13,15H2,1-4H3. The smallest absolute Gasteiger partial charge is 0.277 e. The average molecular weight is 420 g/mol. The summed E-state index contributed by atoms with van der Waals surface area (Å²) in [6, 6.07) is 7.83. The zero-order valence-corrected chi connectivity index (χ0v) is 18.6. The molecule has 0 aliphatic carbocycles. The van der Waals surface area contributed by atoms with E-state index in [0.29, 0.717) is 49.9 Å². The van der Waals surface area contributed by atoms with Crippen LogP contribution < -0.4 is 4.90 Å². The van der Waals surface area contributed by atoms with E-state index in [1.807, 2.05) is 39.8 Å². The molecule has 2 aromatic rings. The fourth-order valence-corrected chi connectivity index (χ4v) is 4.31. The molecular formula is C24H29N5O2. The molecule has 4 rings (SSSR count). The summed E-state index contributed by atoms with van der Waals surface area (Å²) in [5, 5.41) is 0. The molecule has 1 aromatic carbocycles. The third kappa shape index (κ3) is 4.04. The highest BCUT2D eigenvalue weighted by Crippen LogP contribution is 2.34. The Balaban J connectivity index is 1.68. The van der Waals surface area contributed by atoms with Crippen LogP contribution in [0.15, 0.2) is 42.4 Å². The largest absolute Gasteiger partial charge is 0.363 e. The summed E-state index contributed by atoms with van der Waals surface area (Å²) in [7, 11) is 0. The molecule has 0 unspecified atom stereocenters. The lowest BCUT2D eigenvalue weighted by molar-refractivity contribution is -0.138. The summed E-state index contributed by atoms with van der Waals surface area (Å²) < 4.78 is 0. The van der Waals surface area contributed by atoms with Crippen LogP contribution in [-0.4, -0.2) is 64.3 Å². The molecular weight excluding hydrogens is 390 g/mol. The molecule has 162 valence electrons. The summed E-state index contributed by atoms with van der Waals surface area (Å²) in [4.78, 5) is 41.1. The van der Waals surface area contributed by atoms with Crippen molar-refractivity contribution in [2.75, 3.05) is 37.6 Å². The number of rotatable bonds is 5. The molecule has 7 heteroatoms. The minimum Gasteiger partial charge on any atom is -0.363 e. The molecule has 7 nitrogen and oxygen atoms in total. The molecule has 2 aliphatic heterocycles. The van der Waals surface area contributed by atoms with Gasteiger partial charge >= 0.3 is 0 Å². The first-order valence-electron chi connectivity index (χ1n) is 10.8. The molecule has 3 heterocycles. The third-order valence-corrected chi connectivity index (χ3v) is 5.77. The van der Waals surface area contributed by atoms with Gasteiger partial charge in [0.2, 0.25) is 5.95 Å². The Bertz CT molecular complexity index is 1020. The number of hydrogen-bond acceptors (Lipinski definition) is 6. The van der Waals surface area contributed by atoms with E-state index in [1.54, 1.807) is 18.5 Å². The Morgan fingerprint density at radius 1 is 0.935 bits per heavy atom. The quantitative estimate of drug-likeness (QED) is 0.694. The molecule has 2 aliphatic rings. The van der Waals surface area contributed by atoms with Crippen molar-refractivity contribution in [2.24, 2.45) is 5.92 Å². The van der Waals surface area contributed by atoms with Crippen molar-refractivity contribution in [2.45, 2.75) is 27.7 Å². The number of hydrogen-bond donors (Lipinski definition) is 0. The molecule has 0 N–H and O–H groups in total. The minimum atomic E-state index is -0.186. The van der Waals surface area contributed by atoms with E-state index in [1.165, 1.54) is 4.90 Å². The second kappa shape index (κ2) is 8.49. The van der Waals surface area contributed by atoms with Crippen LogP contribution >= 0.6 is 0 Å². The highest BCUT2D eigenvalue weighted by molar-refractivity contribution is 6.35. The van der Waals surface area contributed by atoms with Gasteiger partial charge in [0, 0.05) is 45.1 Å². The first-order chi connectivity index (χ1) is 14.9.